The average molecular weight is 386 g/mol. The molecule has 0 saturated heterocycles. The van der Waals surface area contributed by atoms with Crippen LogP contribution in [-0.2, 0) is 6.18 Å². The topological polar surface area (TPSA) is 110 Å². The highest BCUT2D eigenvalue weighted by molar-refractivity contribution is 7.80. The van der Waals surface area contributed by atoms with Crippen molar-refractivity contribution in [1.82, 2.24) is 0 Å². The van der Waals surface area contributed by atoms with Crippen LogP contribution in [0.1, 0.15) is 5.56 Å². The zero-order chi connectivity index (χ0) is 19.5. The molecule has 0 atom stereocenters. The molecule has 0 aliphatic carbocycles. The van der Waals surface area contributed by atoms with Crippen molar-refractivity contribution >= 4 is 40.1 Å². The van der Waals surface area contributed by atoms with Crippen LogP contribution >= 0.6 is 12.2 Å². The number of rotatable bonds is 4. The highest BCUT2D eigenvalue weighted by atomic mass is 32.1. The van der Waals surface area contributed by atoms with Crippen LogP contribution in [0, 0.1) is 20.2 Å². The van der Waals surface area contributed by atoms with Gasteiger partial charge in [0.25, 0.3) is 11.4 Å². The number of nitrogens with zero attached hydrogens (tertiary/aromatic N) is 2. The van der Waals surface area contributed by atoms with Gasteiger partial charge in [0.15, 0.2) is 5.11 Å². The fourth-order valence-electron chi connectivity index (χ4n) is 1.97. The van der Waals surface area contributed by atoms with Crippen molar-refractivity contribution in [2.45, 2.75) is 6.18 Å². The van der Waals surface area contributed by atoms with Gasteiger partial charge in [-0.15, -0.1) is 0 Å². The van der Waals surface area contributed by atoms with Gasteiger partial charge in [-0.25, -0.2) is 0 Å². The first kappa shape index (κ1) is 19.1. The summed E-state index contributed by atoms with van der Waals surface area (Å²) in [6.07, 6.45) is -4.85. The van der Waals surface area contributed by atoms with E-state index in [1.54, 1.807) is 0 Å². The molecule has 2 aromatic carbocycles. The van der Waals surface area contributed by atoms with E-state index >= 15 is 0 Å². The largest absolute Gasteiger partial charge is 0.418 e. The van der Waals surface area contributed by atoms with Gasteiger partial charge in [0, 0.05) is 30.0 Å². The number of hydrogen-bond donors (Lipinski definition) is 2. The number of nitrogens with one attached hydrogen (secondary N) is 2. The van der Waals surface area contributed by atoms with E-state index in [9.17, 15) is 33.4 Å². The first-order chi connectivity index (χ1) is 12.1. The van der Waals surface area contributed by atoms with Crippen LogP contribution in [0.2, 0.25) is 0 Å². The summed E-state index contributed by atoms with van der Waals surface area (Å²) in [7, 11) is 0. The number of alkyl halides is 3. The minimum absolute atomic E-state index is 0.187. The van der Waals surface area contributed by atoms with Gasteiger partial charge in [-0.05, 0) is 24.4 Å². The second-order valence-corrected chi connectivity index (χ2v) is 5.28. The predicted molar refractivity (Wildman–Crippen MR) is 91.0 cm³/mol. The maximum absolute atomic E-state index is 13.1. The molecular weight excluding hydrogens is 377 g/mol. The third kappa shape index (κ3) is 4.63. The lowest BCUT2D eigenvalue weighted by molar-refractivity contribution is -0.385. The smallest absolute Gasteiger partial charge is 0.332 e. The fraction of sp³-hybridized carbons (Fsp3) is 0.0714. The molecule has 0 unspecified atom stereocenters. The maximum Gasteiger partial charge on any atom is 0.418 e. The predicted octanol–water partition coefficient (Wildman–Crippen LogP) is 4.33. The van der Waals surface area contributed by atoms with Crippen LogP contribution in [0.3, 0.4) is 0 Å². The van der Waals surface area contributed by atoms with Crippen LogP contribution in [0.4, 0.5) is 35.9 Å². The Bertz CT molecular complexity index is 889. The van der Waals surface area contributed by atoms with E-state index in [0.717, 1.165) is 18.2 Å². The summed E-state index contributed by atoms with van der Waals surface area (Å²) in [4.78, 5) is 19.8. The van der Waals surface area contributed by atoms with E-state index in [2.05, 4.69) is 10.6 Å². The highest BCUT2D eigenvalue weighted by Crippen LogP contribution is 2.37. The van der Waals surface area contributed by atoms with Gasteiger partial charge < -0.3 is 10.6 Å². The summed E-state index contributed by atoms with van der Waals surface area (Å²) in [5.41, 5.74) is -2.53. The number of thiocarbonyl (C=S) groups is 1. The lowest BCUT2D eigenvalue weighted by Crippen LogP contribution is -2.21. The highest BCUT2D eigenvalue weighted by Gasteiger charge is 2.35. The van der Waals surface area contributed by atoms with Gasteiger partial charge in [-0.2, -0.15) is 13.2 Å². The van der Waals surface area contributed by atoms with E-state index < -0.39 is 33.0 Å². The van der Waals surface area contributed by atoms with Crippen molar-refractivity contribution in [1.29, 1.82) is 0 Å². The third-order valence-corrected chi connectivity index (χ3v) is 3.29. The molecule has 136 valence electrons. The molecule has 0 aromatic heterocycles. The zero-order valence-electron chi connectivity index (χ0n) is 12.6. The molecule has 0 bridgehead atoms. The molecule has 0 aliphatic heterocycles. The fourth-order valence-corrected chi connectivity index (χ4v) is 2.20. The first-order valence-electron chi connectivity index (χ1n) is 6.76. The van der Waals surface area contributed by atoms with Crippen molar-refractivity contribution in [2.24, 2.45) is 0 Å². The second-order valence-electron chi connectivity index (χ2n) is 4.87. The molecule has 2 rings (SSSR count). The molecule has 0 aliphatic rings. The van der Waals surface area contributed by atoms with Crippen LogP contribution in [0.5, 0.6) is 0 Å². The molecule has 2 aromatic rings. The minimum Gasteiger partial charge on any atom is -0.332 e. The zero-order valence-corrected chi connectivity index (χ0v) is 13.4. The number of benzene rings is 2. The van der Waals surface area contributed by atoms with E-state index in [0.29, 0.717) is 6.07 Å². The van der Waals surface area contributed by atoms with Gasteiger partial charge in [-0.1, -0.05) is 6.07 Å². The molecule has 0 amide bonds. The SMILES string of the molecule is O=[N+]([O-])c1cccc(NC(=S)Nc2ccc([N+](=O)[O-])cc2C(F)(F)F)c1. The molecule has 0 heterocycles. The van der Waals surface area contributed by atoms with Gasteiger partial charge in [0.1, 0.15) is 0 Å². The quantitative estimate of drug-likeness (QED) is 0.457. The minimum atomic E-state index is -4.85. The van der Waals surface area contributed by atoms with E-state index in [1.165, 1.54) is 18.2 Å². The van der Waals surface area contributed by atoms with Crippen molar-refractivity contribution < 1.29 is 23.0 Å². The number of nitro benzene ring substituents is 2. The van der Waals surface area contributed by atoms with E-state index in [-0.39, 0.29) is 16.5 Å². The lowest BCUT2D eigenvalue weighted by Gasteiger charge is -2.15. The Balaban J connectivity index is 2.25. The van der Waals surface area contributed by atoms with Crippen LogP contribution in [0.15, 0.2) is 42.5 Å². The molecular formula is C14H9F3N4O4S. The first-order valence-corrected chi connectivity index (χ1v) is 7.17. The monoisotopic (exact) mass is 386 g/mol. The Kier molecular flexibility index (Phi) is 5.35. The normalized spacial score (nSPS) is 10.9. The number of nitro groups is 2. The molecule has 0 fully saturated rings. The molecule has 2 N–H and O–H groups in total. The Morgan fingerprint density at radius 2 is 1.58 bits per heavy atom. The average Bonchev–Trinajstić information content (AvgIpc) is 2.54. The standard InChI is InChI=1S/C14H9F3N4O4S/c15-14(16,17)11-7-10(21(24)25)4-5-12(11)19-13(26)18-8-2-1-3-9(6-8)20(22)23/h1-7H,(H2,18,19,26). The molecule has 26 heavy (non-hydrogen) atoms. The van der Waals surface area contributed by atoms with Gasteiger partial charge >= 0.3 is 6.18 Å². The number of anilines is 2. The Morgan fingerprint density at radius 3 is 2.15 bits per heavy atom. The summed E-state index contributed by atoms with van der Waals surface area (Å²) in [6.45, 7) is 0. The maximum atomic E-state index is 13.1. The van der Waals surface area contributed by atoms with Crippen LogP contribution in [-0.4, -0.2) is 15.0 Å². The van der Waals surface area contributed by atoms with E-state index in [1.807, 2.05) is 0 Å². The Labute approximate surface area is 148 Å². The molecule has 0 spiro atoms. The number of non-ortho nitro benzene ring substituents is 2. The van der Waals surface area contributed by atoms with Crippen molar-refractivity contribution in [3.05, 3.63) is 68.3 Å². The second kappa shape index (κ2) is 7.31. The van der Waals surface area contributed by atoms with Crippen molar-refractivity contribution in [3.63, 3.8) is 0 Å². The Morgan fingerprint density at radius 1 is 0.962 bits per heavy atom. The van der Waals surface area contributed by atoms with Crippen molar-refractivity contribution in [2.75, 3.05) is 10.6 Å². The van der Waals surface area contributed by atoms with Gasteiger partial charge in [0.2, 0.25) is 0 Å². The van der Waals surface area contributed by atoms with Crippen LogP contribution < -0.4 is 10.6 Å². The van der Waals surface area contributed by atoms with Crippen LogP contribution in [0.25, 0.3) is 0 Å². The summed E-state index contributed by atoms with van der Waals surface area (Å²) in [5, 5.41) is 25.9. The third-order valence-electron chi connectivity index (χ3n) is 3.08. The summed E-state index contributed by atoms with van der Waals surface area (Å²) in [5.74, 6) is 0. The number of hydrogen-bond acceptors (Lipinski definition) is 5. The Hall–Kier alpha value is -3.28. The van der Waals surface area contributed by atoms with E-state index in [4.69, 9.17) is 12.2 Å². The molecule has 0 radical (unpaired) electrons. The lowest BCUT2D eigenvalue weighted by atomic mass is 10.1. The summed E-state index contributed by atoms with van der Waals surface area (Å²) in [6, 6.07) is 7.35. The molecule has 8 nitrogen and oxygen atoms in total. The van der Waals surface area contributed by atoms with Gasteiger partial charge in [-0.3, -0.25) is 20.2 Å². The summed E-state index contributed by atoms with van der Waals surface area (Å²) >= 11 is 4.90. The van der Waals surface area contributed by atoms with Gasteiger partial charge in [0.05, 0.1) is 21.1 Å². The summed E-state index contributed by atoms with van der Waals surface area (Å²) < 4.78 is 39.3. The molecule has 0 saturated carbocycles. The molecule has 12 heteroatoms. The number of halogens is 3. The van der Waals surface area contributed by atoms with Crippen molar-refractivity contribution in [3.8, 4) is 0 Å².